The van der Waals surface area contributed by atoms with Gasteiger partial charge >= 0.3 is 0 Å². The van der Waals surface area contributed by atoms with Crippen molar-refractivity contribution in [3.8, 4) is 0 Å². The number of nitrogens with zero attached hydrogens (tertiary/aromatic N) is 1. The predicted molar refractivity (Wildman–Crippen MR) is 135 cm³/mol. The topological polar surface area (TPSA) is 84.7 Å². The minimum atomic E-state index is -1.69. The van der Waals surface area contributed by atoms with Crippen molar-refractivity contribution in [1.29, 1.82) is 0 Å². The number of primary amides is 1. The van der Waals surface area contributed by atoms with Crippen LogP contribution in [0.4, 0.5) is 20.2 Å². The first-order valence-corrected chi connectivity index (χ1v) is 11.8. The number of ketones is 1. The van der Waals surface area contributed by atoms with Crippen molar-refractivity contribution in [2.75, 3.05) is 38.2 Å². The van der Waals surface area contributed by atoms with Crippen molar-refractivity contribution < 1.29 is 23.1 Å². The zero-order valence-corrected chi connectivity index (χ0v) is 20.4. The summed E-state index contributed by atoms with van der Waals surface area (Å²) in [6, 6.07) is 14.7. The van der Waals surface area contributed by atoms with Crippen LogP contribution < -0.4 is 11.1 Å². The van der Waals surface area contributed by atoms with E-state index >= 15 is 0 Å². The lowest BCUT2D eigenvalue weighted by Gasteiger charge is -2.37. The minimum Gasteiger partial charge on any atom is -0.379 e. The third-order valence-electron chi connectivity index (χ3n) is 6.34. The van der Waals surface area contributed by atoms with Gasteiger partial charge in [0.15, 0.2) is 5.78 Å². The monoisotopic (exact) mass is 513 g/mol. The van der Waals surface area contributed by atoms with E-state index in [1.54, 1.807) is 12.1 Å². The van der Waals surface area contributed by atoms with Gasteiger partial charge in [0.1, 0.15) is 17.0 Å². The van der Waals surface area contributed by atoms with Gasteiger partial charge in [-0.15, -0.1) is 0 Å². The van der Waals surface area contributed by atoms with E-state index in [1.807, 2.05) is 24.0 Å². The van der Waals surface area contributed by atoms with Crippen LogP contribution in [0, 0.1) is 18.6 Å². The van der Waals surface area contributed by atoms with E-state index in [-0.39, 0.29) is 22.8 Å². The first-order valence-electron chi connectivity index (χ1n) is 11.4. The Morgan fingerprint density at radius 1 is 1.06 bits per heavy atom. The number of anilines is 2. The summed E-state index contributed by atoms with van der Waals surface area (Å²) in [5, 5.41) is 2.88. The number of amides is 1. The Balaban J connectivity index is 1.72. The van der Waals surface area contributed by atoms with Crippen molar-refractivity contribution in [2.45, 2.75) is 12.3 Å². The van der Waals surface area contributed by atoms with E-state index in [1.165, 1.54) is 24.3 Å². The Hall–Kier alpha value is -3.33. The molecule has 1 atom stereocenters. The number of nitrogens with two attached hydrogens (primary N) is 1. The average molecular weight is 514 g/mol. The number of carbonyl (C=O) groups excluding carboxylic acids is 2. The van der Waals surface area contributed by atoms with Crippen molar-refractivity contribution in [2.24, 2.45) is 5.73 Å². The molecule has 3 N–H and O–H groups in total. The molecule has 188 valence electrons. The highest BCUT2D eigenvalue weighted by Crippen LogP contribution is 2.34. The van der Waals surface area contributed by atoms with E-state index < -0.39 is 28.7 Å². The molecule has 0 aliphatic carbocycles. The van der Waals surface area contributed by atoms with Crippen LogP contribution in [0.15, 0.2) is 60.7 Å². The summed E-state index contributed by atoms with van der Waals surface area (Å²) in [7, 11) is 0. The quantitative estimate of drug-likeness (QED) is 0.339. The fourth-order valence-electron chi connectivity index (χ4n) is 4.31. The van der Waals surface area contributed by atoms with Crippen LogP contribution in [0.25, 0.3) is 0 Å². The molecule has 36 heavy (non-hydrogen) atoms. The largest absolute Gasteiger partial charge is 0.379 e. The Labute approximate surface area is 213 Å². The van der Waals surface area contributed by atoms with Gasteiger partial charge in [0.2, 0.25) is 5.91 Å². The Kier molecular flexibility index (Phi) is 7.68. The van der Waals surface area contributed by atoms with Gasteiger partial charge in [0, 0.05) is 37.0 Å². The molecule has 1 unspecified atom stereocenters. The van der Waals surface area contributed by atoms with Crippen molar-refractivity contribution in [3.63, 3.8) is 0 Å². The van der Waals surface area contributed by atoms with E-state index in [0.29, 0.717) is 37.6 Å². The summed E-state index contributed by atoms with van der Waals surface area (Å²) in [5.41, 5.74) is 6.26. The molecule has 0 aromatic heterocycles. The van der Waals surface area contributed by atoms with Crippen LogP contribution in [0.3, 0.4) is 0 Å². The maximum atomic E-state index is 14.1. The molecule has 1 aliphatic rings. The number of aryl methyl sites for hydroxylation is 1. The zero-order valence-electron chi connectivity index (χ0n) is 19.7. The smallest absolute Gasteiger partial charge is 0.237 e. The van der Waals surface area contributed by atoms with Crippen LogP contribution in [-0.2, 0) is 14.9 Å². The predicted octanol–water partition coefficient (Wildman–Crippen LogP) is 4.61. The van der Waals surface area contributed by atoms with Crippen LogP contribution in [0.5, 0.6) is 0 Å². The normalized spacial score (nSPS) is 15.8. The molecular weight excluding hydrogens is 488 g/mol. The van der Waals surface area contributed by atoms with Crippen LogP contribution in [-0.4, -0.2) is 49.4 Å². The molecule has 0 spiro atoms. The standard InChI is InChI=1S/C27H26ClF2N3O3/c1-17-2-4-18(5-3-17)27(26(31)35,16-33-10-12-36-13-11-33)25(34)21-8-7-20(15-22(21)28)32-24-9-6-19(29)14-23(24)30/h2-9,14-15,32H,10-13,16H2,1H3,(H2,31,35). The van der Waals surface area contributed by atoms with Gasteiger partial charge in [-0.25, -0.2) is 8.78 Å². The Morgan fingerprint density at radius 2 is 1.75 bits per heavy atom. The number of ether oxygens (including phenoxy) is 1. The minimum absolute atomic E-state index is 0.0463. The molecule has 9 heteroatoms. The molecule has 0 saturated carbocycles. The Morgan fingerprint density at radius 3 is 2.36 bits per heavy atom. The molecule has 1 aliphatic heterocycles. The fourth-order valence-corrected chi connectivity index (χ4v) is 4.58. The van der Waals surface area contributed by atoms with Gasteiger partial charge in [-0.1, -0.05) is 41.4 Å². The summed E-state index contributed by atoms with van der Waals surface area (Å²) in [6.07, 6.45) is 0. The van der Waals surface area contributed by atoms with Gasteiger partial charge in [0.05, 0.1) is 23.9 Å². The molecule has 6 nitrogen and oxygen atoms in total. The van der Waals surface area contributed by atoms with Gasteiger partial charge in [-0.3, -0.25) is 14.5 Å². The maximum absolute atomic E-state index is 14.1. The van der Waals surface area contributed by atoms with Crippen molar-refractivity contribution >= 4 is 34.7 Å². The van der Waals surface area contributed by atoms with Gasteiger partial charge in [-0.2, -0.15) is 0 Å². The molecule has 1 fully saturated rings. The van der Waals surface area contributed by atoms with Crippen molar-refractivity contribution in [1.82, 2.24) is 4.90 Å². The second-order valence-electron chi connectivity index (χ2n) is 8.80. The molecule has 0 radical (unpaired) electrons. The molecule has 3 aromatic carbocycles. The summed E-state index contributed by atoms with van der Waals surface area (Å²) in [5.74, 6) is -2.79. The number of benzene rings is 3. The SMILES string of the molecule is Cc1ccc(C(CN2CCOCC2)(C(N)=O)C(=O)c2ccc(Nc3ccc(F)cc3F)cc2Cl)cc1. The third kappa shape index (κ3) is 5.26. The third-order valence-corrected chi connectivity index (χ3v) is 6.65. The molecule has 0 bridgehead atoms. The number of hydrogen-bond donors (Lipinski definition) is 2. The summed E-state index contributed by atoms with van der Waals surface area (Å²) in [6.45, 7) is 4.05. The highest BCUT2D eigenvalue weighted by molar-refractivity contribution is 6.36. The molecule has 1 amide bonds. The number of rotatable bonds is 8. The average Bonchev–Trinajstić information content (AvgIpc) is 2.85. The van der Waals surface area contributed by atoms with E-state index in [2.05, 4.69) is 5.32 Å². The molecule has 3 aromatic rings. The fraction of sp³-hybridized carbons (Fsp3) is 0.259. The Bertz CT molecular complexity index is 1280. The van der Waals surface area contributed by atoms with Crippen LogP contribution in [0.1, 0.15) is 21.5 Å². The first kappa shape index (κ1) is 25.8. The number of halogens is 3. The molecule has 1 saturated heterocycles. The molecule has 4 rings (SSSR count). The summed E-state index contributed by atoms with van der Waals surface area (Å²) in [4.78, 5) is 29.2. The highest BCUT2D eigenvalue weighted by atomic mass is 35.5. The van der Waals surface area contributed by atoms with Crippen molar-refractivity contribution in [3.05, 3.63) is 94.0 Å². The lowest BCUT2D eigenvalue weighted by molar-refractivity contribution is -0.123. The second kappa shape index (κ2) is 10.7. The summed E-state index contributed by atoms with van der Waals surface area (Å²) >= 11 is 6.52. The number of nitrogens with one attached hydrogen (secondary N) is 1. The number of hydrogen-bond acceptors (Lipinski definition) is 5. The lowest BCUT2D eigenvalue weighted by atomic mass is 9.73. The van der Waals surface area contributed by atoms with Gasteiger partial charge in [-0.05, 0) is 42.8 Å². The summed E-state index contributed by atoms with van der Waals surface area (Å²) < 4.78 is 32.7. The van der Waals surface area contributed by atoms with E-state index in [4.69, 9.17) is 22.1 Å². The number of carbonyl (C=O) groups is 2. The second-order valence-corrected chi connectivity index (χ2v) is 9.20. The van der Waals surface area contributed by atoms with Gasteiger partial charge < -0.3 is 15.8 Å². The van der Waals surface area contributed by atoms with Crippen LogP contribution in [0.2, 0.25) is 5.02 Å². The number of morpholine rings is 1. The van der Waals surface area contributed by atoms with Gasteiger partial charge in [0.25, 0.3) is 0 Å². The lowest BCUT2D eigenvalue weighted by Crippen LogP contribution is -2.56. The van der Waals surface area contributed by atoms with E-state index in [9.17, 15) is 18.4 Å². The van der Waals surface area contributed by atoms with Crippen LogP contribution >= 0.6 is 11.6 Å². The van der Waals surface area contributed by atoms with E-state index in [0.717, 1.165) is 17.7 Å². The molecular formula is C27H26ClF2N3O3. The zero-order chi connectivity index (χ0) is 25.9. The maximum Gasteiger partial charge on any atom is 0.237 e. The first-order chi connectivity index (χ1) is 17.2. The molecule has 1 heterocycles. The number of Topliss-reactive ketones (excluding diaryl/α,β-unsaturated/α-hetero) is 1. The highest BCUT2D eigenvalue weighted by Gasteiger charge is 2.48.